The van der Waals surface area contributed by atoms with Gasteiger partial charge in [-0.15, -0.1) is 0 Å². The van der Waals surface area contributed by atoms with Gasteiger partial charge < -0.3 is 49.6 Å². The first-order chi connectivity index (χ1) is 22.6. The van der Waals surface area contributed by atoms with E-state index < -0.39 is 106 Å². The number of rotatable bonds is 5. The van der Waals surface area contributed by atoms with E-state index in [1.807, 2.05) is 0 Å². The minimum absolute atomic E-state index is 0.104. The molecule has 254 valence electrons. The molecule has 6 rings (SSSR count). The fraction of sp³-hybridized carbons (Fsp3) is 0.412. The lowest BCUT2D eigenvalue weighted by molar-refractivity contribution is -0.172. The molecule has 6 N–H and O–H groups in total. The molecule has 0 spiro atoms. The van der Waals surface area contributed by atoms with Crippen LogP contribution in [0.2, 0.25) is 0 Å². The molecule has 0 amide bonds. The first-order valence-corrected chi connectivity index (χ1v) is 15.2. The number of Topliss-reactive ketones (excluding diaryl/α,β-unsaturated/α-hetero) is 2. The van der Waals surface area contributed by atoms with Gasteiger partial charge in [-0.1, -0.05) is 13.8 Å². The van der Waals surface area contributed by atoms with Crippen LogP contribution in [0, 0.1) is 11.8 Å². The minimum atomic E-state index is -1.97. The number of esters is 2. The summed E-state index contributed by atoms with van der Waals surface area (Å²) in [6.45, 7) is 3.87. The second kappa shape index (κ2) is 11.3. The fourth-order valence-corrected chi connectivity index (χ4v) is 7.60. The number of hydrogen-bond acceptors (Lipinski definition) is 14. The van der Waals surface area contributed by atoms with Gasteiger partial charge in [0, 0.05) is 49.7 Å². The molecule has 2 aliphatic carbocycles. The van der Waals surface area contributed by atoms with Crippen LogP contribution >= 0.6 is 0 Å². The summed E-state index contributed by atoms with van der Waals surface area (Å²) in [6, 6.07) is 5.24. The topological polar surface area (TPSA) is 227 Å². The number of ether oxygens (including phenoxy) is 4. The molecular formula is C34H34O14. The molecule has 0 aromatic heterocycles. The summed E-state index contributed by atoms with van der Waals surface area (Å²) < 4.78 is 23.1. The number of carbonyl (C=O) groups is 4. The largest absolute Gasteiger partial charge is 0.506 e. The van der Waals surface area contributed by atoms with Crippen molar-refractivity contribution in [3.8, 4) is 34.1 Å². The summed E-state index contributed by atoms with van der Waals surface area (Å²) in [5.41, 5.74) is -5.62. The number of hydrogen-bond donors (Lipinski definition) is 6. The van der Waals surface area contributed by atoms with Crippen molar-refractivity contribution >= 4 is 35.0 Å². The maximum atomic E-state index is 13.3. The minimum Gasteiger partial charge on any atom is -0.506 e. The number of fused-ring (bicyclic) bond motifs is 4. The molecule has 6 atom stereocenters. The van der Waals surface area contributed by atoms with E-state index in [1.54, 1.807) is 13.8 Å². The second-order valence-corrected chi connectivity index (χ2v) is 12.7. The molecule has 48 heavy (non-hydrogen) atoms. The van der Waals surface area contributed by atoms with Crippen molar-refractivity contribution < 1.29 is 68.8 Å². The van der Waals surface area contributed by atoms with Gasteiger partial charge in [0.1, 0.15) is 45.6 Å². The number of ketones is 2. The zero-order valence-corrected chi connectivity index (χ0v) is 26.4. The van der Waals surface area contributed by atoms with E-state index in [0.29, 0.717) is 0 Å². The van der Waals surface area contributed by atoms with Gasteiger partial charge >= 0.3 is 11.9 Å². The van der Waals surface area contributed by atoms with Gasteiger partial charge in [-0.25, -0.2) is 0 Å². The average Bonchev–Trinajstić information content (AvgIpc) is 3.01. The second-order valence-electron chi connectivity index (χ2n) is 12.7. The third-order valence-corrected chi connectivity index (χ3v) is 9.53. The molecule has 0 saturated heterocycles. The smallest absolute Gasteiger partial charge is 0.303 e. The molecule has 0 bridgehead atoms. The third kappa shape index (κ3) is 4.46. The van der Waals surface area contributed by atoms with Crippen molar-refractivity contribution in [3.05, 3.63) is 46.5 Å². The first-order valence-electron chi connectivity index (χ1n) is 15.2. The number of carbonyl (C=O) groups excluding carboxylic acids is 4. The van der Waals surface area contributed by atoms with E-state index in [4.69, 9.17) is 18.9 Å². The van der Waals surface area contributed by atoms with Gasteiger partial charge in [0.2, 0.25) is 11.2 Å². The van der Waals surface area contributed by atoms with Crippen LogP contribution in [0.1, 0.15) is 51.7 Å². The number of aliphatic hydroxyl groups excluding tert-OH is 4. The highest BCUT2D eigenvalue weighted by Crippen LogP contribution is 2.56. The van der Waals surface area contributed by atoms with Gasteiger partial charge in [0.05, 0.1) is 24.4 Å². The Bertz CT molecular complexity index is 1720. The highest BCUT2D eigenvalue weighted by Gasteiger charge is 2.60. The molecule has 2 aromatic rings. The molecular weight excluding hydrogens is 632 g/mol. The Kier molecular flexibility index (Phi) is 7.71. The third-order valence-electron chi connectivity index (χ3n) is 9.53. The molecule has 14 nitrogen and oxygen atoms in total. The van der Waals surface area contributed by atoms with Crippen LogP contribution in [0.5, 0.6) is 23.0 Å². The van der Waals surface area contributed by atoms with E-state index >= 15 is 0 Å². The van der Waals surface area contributed by atoms with Crippen LogP contribution in [0.25, 0.3) is 22.6 Å². The molecule has 0 unspecified atom stereocenters. The Hall–Kier alpha value is -5.08. The number of phenolic OH excluding ortho intramolecular Hbond substituents is 2. The van der Waals surface area contributed by atoms with E-state index in [1.165, 1.54) is 24.3 Å². The van der Waals surface area contributed by atoms with Crippen LogP contribution in [-0.4, -0.2) is 90.8 Å². The SMILES string of the molecule is CC(=O)O[C@@H]1[C@H](C)CC(=O)C2=C(O)c3c(ccc(-c4ccc5c(c4O)C(O)=C4C(=O)C[C@@H](C)[C@@H](OC(C)=O)[C@@]4(CO)O5)c3O)O[C@@]21CO. The van der Waals surface area contributed by atoms with Gasteiger partial charge in [-0.05, 0) is 24.3 Å². The Morgan fingerprint density at radius 3 is 1.38 bits per heavy atom. The zero-order valence-electron chi connectivity index (χ0n) is 26.4. The summed E-state index contributed by atoms with van der Waals surface area (Å²) in [5.74, 6) is -6.89. The summed E-state index contributed by atoms with van der Waals surface area (Å²) in [5, 5.41) is 67.0. The highest BCUT2D eigenvalue weighted by molar-refractivity contribution is 6.08. The molecule has 2 fully saturated rings. The molecule has 4 aliphatic rings. The standard InChI is InChI=1S/C34H34O14/c1-13-9-19(39)25-29(43)23-21(47-33(25,11-35)31(13)45-15(3)37)7-5-17(27(23)41)18-6-8-22-24(28(18)42)30(44)26-20(40)10-14(2)32(46-16(4)38)34(26,12-36)48-22/h5-8,13-14,31-32,35-36,41-44H,9-12H2,1-4H3/t13-,14-,31-,32-,33+,34+/m1/s1. The van der Waals surface area contributed by atoms with E-state index in [-0.39, 0.29) is 46.6 Å². The van der Waals surface area contributed by atoms with Crippen LogP contribution < -0.4 is 9.47 Å². The maximum Gasteiger partial charge on any atom is 0.303 e. The molecule has 2 aliphatic heterocycles. The average molecular weight is 667 g/mol. The Labute approximate surface area is 273 Å². The molecule has 2 saturated carbocycles. The van der Waals surface area contributed by atoms with E-state index in [2.05, 4.69) is 0 Å². The maximum absolute atomic E-state index is 13.3. The highest BCUT2D eigenvalue weighted by atomic mass is 16.6. The Balaban J connectivity index is 1.50. The summed E-state index contributed by atoms with van der Waals surface area (Å²) >= 11 is 0. The van der Waals surface area contributed by atoms with Crippen LogP contribution in [0.3, 0.4) is 0 Å². The lowest BCUT2D eigenvalue weighted by atomic mass is 9.69. The molecule has 0 radical (unpaired) electrons. The van der Waals surface area contributed by atoms with Crippen LogP contribution in [0.15, 0.2) is 35.4 Å². The quantitative estimate of drug-likeness (QED) is 0.252. The predicted octanol–water partition coefficient (Wildman–Crippen LogP) is 2.63. The van der Waals surface area contributed by atoms with E-state index in [0.717, 1.165) is 13.8 Å². The number of phenols is 2. The van der Waals surface area contributed by atoms with Crippen molar-refractivity contribution in [1.82, 2.24) is 0 Å². The molecule has 2 heterocycles. The summed E-state index contributed by atoms with van der Waals surface area (Å²) in [4.78, 5) is 50.4. The lowest BCUT2D eigenvalue weighted by Crippen LogP contribution is -2.62. The van der Waals surface area contributed by atoms with Gasteiger partial charge in [0.25, 0.3) is 0 Å². The fourth-order valence-electron chi connectivity index (χ4n) is 7.60. The van der Waals surface area contributed by atoms with Crippen molar-refractivity contribution in [2.45, 2.75) is 63.9 Å². The molecule has 14 heteroatoms. The van der Waals surface area contributed by atoms with Crippen LogP contribution in [-0.2, 0) is 28.7 Å². The van der Waals surface area contributed by atoms with Gasteiger partial charge in [0.15, 0.2) is 23.8 Å². The Morgan fingerprint density at radius 2 is 1.06 bits per heavy atom. The monoisotopic (exact) mass is 666 g/mol. The number of benzene rings is 2. The molecule has 2 aromatic carbocycles. The summed E-state index contributed by atoms with van der Waals surface area (Å²) in [6.07, 6.45) is -2.66. The van der Waals surface area contributed by atoms with Crippen molar-refractivity contribution in [2.75, 3.05) is 13.2 Å². The van der Waals surface area contributed by atoms with Crippen LogP contribution in [0.4, 0.5) is 0 Å². The van der Waals surface area contributed by atoms with Crippen molar-refractivity contribution in [3.63, 3.8) is 0 Å². The normalized spacial score (nSPS) is 29.1. The zero-order chi connectivity index (χ0) is 35.0. The first kappa shape index (κ1) is 32.8. The lowest BCUT2D eigenvalue weighted by Gasteiger charge is -2.48. The number of aromatic hydroxyl groups is 2. The van der Waals surface area contributed by atoms with Crippen molar-refractivity contribution in [2.24, 2.45) is 11.8 Å². The van der Waals surface area contributed by atoms with E-state index in [9.17, 15) is 49.8 Å². The van der Waals surface area contributed by atoms with Crippen molar-refractivity contribution in [1.29, 1.82) is 0 Å². The summed E-state index contributed by atoms with van der Waals surface area (Å²) in [7, 11) is 0. The predicted molar refractivity (Wildman–Crippen MR) is 164 cm³/mol. The number of aliphatic hydroxyl groups is 4. The van der Waals surface area contributed by atoms with Gasteiger partial charge in [-0.3, -0.25) is 19.2 Å². The Morgan fingerprint density at radius 1 is 0.708 bits per heavy atom. The van der Waals surface area contributed by atoms with Gasteiger partial charge in [-0.2, -0.15) is 0 Å².